The van der Waals surface area contributed by atoms with Gasteiger partial charge >= 0.3 is 0 Å². The van der Waals surface area contributed by atoms with E-state index in [0.717, 1.165) is 0 Å². The molecule has 3 rings (SSSR count). The minimum absolute atomic E-state index is 0.00642. The van der Waals surface area contributed by atoms with Gasteiger partial charge in [-0.05, 0) is 42.8 Å². The molecule has 0 fully saturated rings. The van der Waals surface area contributed by atoms with Gasteiger partial charge in [0, 0.05) is 30.8 Å². The Morgan fingerprint density at radius 2 is 1.89 bits per heavy atom. The van der Waals surface area contributed by atoms with E-state index >= 15 is 0 Å². The first-order chi connectivity index (χ1) is 13.6. The largest absolute Gasteiger partial charge is 0.476 e. The number of carbonyl (C=O) groups is 1. The van der Waals surface area contributed by atoms with Crippen LogP contribution in [0.4, 0.5) is 0 Å². The van der Waals surface area contributed by atoms with Crippen molar-refractivity contribution in [1.29, 1.82) is 0 Å². The first-order valence-corrected chi connectivity index (χ1v) is 9.18. The van der Waals surface area contributed by atoms with Crippen LogP contribution in [-0.4, -0.2) is 32.8 Å². The fourth-order valence-corrected chi connectivity index (χ4v) is 2.81. The molecule has 0 bridgehead atoms. The van der Waals surface area contributed by atoms with Gasteiger partial charge in [0.1, 0.15) is 5.58 Å². The highest BCUT2D eigenvalue weighted by Gasteiger charge is 2.18. The second-order valence-corrected chi connectivity index (χ2v) is 6.51. The molecule has 0 aliphatic carbocycles. The summed E-state index contributed by atoms with van der Waals surface area (Å²) >= 11 is 5.95. The van der Waals surface area contributed by atoms with Gasteiger partial charge in [-0.2, -0.15) is 0 Å². The molecule has 0 aliphatic rings. The van der Waals surface area contributed by atoms with E-state index in [1.54, 1.807) is 55.6 Å². The molecule has 7 heteroatoms. The van der Waals surface area contributed by atoms with E-state index in [0.29, 0.717) is 41.1 Å². The zero-order valence-electron chi connectivity index (χ0n) is 15.4. The van der Waals surface area contributed by atoms with Gasteiger partial charge in [0.2, 0.25) is 11.2 Å². The number of methoxy groups -OCH3 is 1. The van der Waals surface area contributed by atoms with Crippen LogP contribution < -0.4 is 15.5 Å². The van der Waals surface area contributed by atoms with Crippen molar-refractivity contribution >= 4 is 28.5 Å². The molecule has 6 nitrogen and oxygen atoms in total. The molecule has 0 aliphatic heterocycles. The zero-order chi connectivity index (χ0) is 19.9. The maximum atomic E-state index is 12.9. The maximum Gasteiger partial charge on any atom is 0.257 e. The lowest BCUT2D eigenvalue weighted by Gasteiger charge is -2.12. The van der Waals surface area contributed by atoms with Crippen molar-refractivity contribution in [2.75, 3.05) is 26.9 Å². The van der Waals surface area contributed by atoms with Crippen LogP contribution in [0.25, 0.3) is 22.3 Å². The summed E-state index contributed by atoms with van der Waals surface area (Å²) in [5, 5.41) is 3.66. The number of hydrogen-bond acceptors (Lipinski definition) is 5. The third-order valence-electron chi connectivity index (χ3n) is 4.06. The molecule has 0 radical (unpaired) electrons. The zero-order valence-corrected chi connectivity index (χ0v) is 16.1. The third kappa shape index (κ3) is 4.71. The van der Waals surface area contributed by atoms with Crippen LogP contribution in [-0.2, 0) is 9.53 Å². The molecular formula is C21H20ClNO5. The predicted octanol–water partition coefficient (Wildman–Crippen LogP) is 3.64. The van der Waals surface area contributed by atoms with Crippen molar-refractivity contribution < 1.29 is 18.7 Å². The second kappa shape index (κ2) is 9.39. The summed E-state index contributed by atoms with van der Waals surface area (Å²) in [5.41, 5.74) is 0.732. The molecule has 1 aromatic heterocycles. The minimum Gasteiger partial charge on any atom is -0.476 e. The first kappa shape index (κ1) is 19.9. The third-order valence-corrected chi connectivity index (χ3v) is 4.31. The summed E-state index contributed by atoms with van der Waals surface area (Å²) in [7, 11) is 1.60. The van der Waals surface area contributed by atoms with Crippen LogP contribution >= 0.6 is 11.6 Å². The van der Waals surface area contributed by atoms with Crippen molar-refractivity contribution in [1.82, 2.24) is 5.32 Å². The van der Waals surface area contributed by atoms with Gasteiger partial charge in [0.25, 0.3) is 5.91 Å². The Bertz CT molecular complexity index is 1010. The molecule has 0 atom stereocenters. The number of nitrogens with one attached hydrogen (secondary N) is 1. The SMILES string of the molecule is COCCCNC(=O)COc1c(-c2ccc(Cl)cc2)oc2ccccc2c1=O. The Morgan fingerprint density at radius 3 is 2.64 bits per heavy atom. The first-order valence-electron chi connectivity index (χ1n) is 8.80. The van der Waals surface area contributed by atoms with Crippen molar-refractivity contribution in [3.8, 4) is 17.1 Å². The van der Waals surface area contributed by atoms with E-state index in [9.17, 15) is 9.59 Å². The summed E-state index contributed by atoms with van der Waals surface area (Å²) in [6, 6.07) is 13.7. The van der Waals surface area contributed by atoms with E-state index in [-0.39, 0.29) is 29.5 Å². The van der Waals surface area contributed by atoms with Gasteiger partial charge in [0.15, 0.2) is 12.4 Å². The van der Waals surface area contributed by atoms with Gasteiger partial charge in [-0.1, -0.05) is 23.7 Å². The van der Waals surface area contributed by atoms with Crippen LogP contribution in [0.5, 0.6) is 5.75 Å². The molecule has 1 amide bonds. The fraction of sp³-hybridized carbons (Fsp3) is 0.238. The highest BCUT2D eigenvalue weighted by atomic mass is 35.5. The average Bonchev–Trinajstić information content (AvgIpc) is 2.71. The maximum absolute atomic E-state index is 12.9. The van der Waals surface area contributed by atoms with Crippen molar-refractivity contribution in [2.45, 2.75) is 6.42 Å². The molecular weight excluding hydrogens is 382 g/mol. The Labute approximate surface area is 167 Å². The Kier molecular flexibility index (Phi) is 6.68. The molecule has 2 aromatic carbocycles. The molecule has 0 unspecified atom stereocenters. The molecule has 1 heterocycles. The second-order valence-electron chi connectivity index (χ2n) is 6.08. The molecule has 28 heavy (non-hydrogen) atoms. The molecule has 3 aromatic rings. The van der Waals surface area contributed by atoms with Crippen LogP contribution in [0.15, 0.2) is 57.7 Å². The fourth-order valence-electron chi connectivity index (χ4n) is 2.68. The summed E-state index contributed by atoms with van der Waals surface area (Å²) in [4.78, 5) is 25.0. The molecule has 146 valence electrons. The smallest absolute Gasteiger partial charge is 0.257 e. The number of ether oxygens (including phenoxy) is 2. The summed E-state index contributed by atoms with van der Waals surface area (Å²) in [6.07, 6.45) is 0.691. The number of rotatable bonds is 8. The molecule has 0 spiro atoms. The number of halogens is 1. The van der Waals surface area contributed by atoms with Gasteiger partial charge in [-0.25, -0.2) is 0 Å². The lowest BCUT2D eigenvalue weighted by atomic mass is 10.1. The number of amides is 1. The van der Waals surface area contributed by atoms with E-state index in [1.807, 2.05) is 0 Å². The lowest BCUT2D eigenvalue weighted by Crippen LogP contribution is -2.31. The highest BCUT2D eigenvalue weighted by molar-refractivity contribution is 6.30. The van der Waals surface area contributed by atoms with E-state index in [4.69, 9.17) is 25.5 Å². The number of hydrogen-bond donors (Lipinski definition) is 1. The number of fused-ring (bicyclic) bond motifs is 1. The lowest BCUT2D eigenvalue weighted by molar-refractivity contribution is -0.123. The predicted molar refractivity (Wildman–Crippen MR) is 108 cm³/mol. The molecule has 1 N–H and O–H groups in total. The van der Waals surface area contributed by atoms with E-state index < -0.39 is 0 Å². The minimum atomic E-state index is -0.334. The topological polar surface area (TPSA) is 77.8 Å². The quantitative estimate of drug-likeness (QED) is 0.583. The Morgan fingerprint density at radius 1 is 1.14 bits per heavy atom. The Balaban J connectivity index is 1.90. The summed E-state index contributed by atoms with van der Waals surface area (Å²) < 4.78 is 16.5. The number of carbonyl (C=O) groups excluding carboxylic acids is 1. The number of para-hydroxylation sites is 1. The summed E-state index contributed by atoms with van der Waals surface area (Å²) in [6.45, 7) is 0.721. The average molecular weight is 402 g/mol. The molecule has 0 saturated heterocycles. The van der Waals surface area contributed by atoms with Crippen molar-refractivity contribution in [3.63, 3.8) is 0 Å². The van der Waals surface area contributed by atoms with Crippen LogP contribution in [0.3, 0.4) is 0 Å². The van der Waals surface area contributed by atoms with Gasteiger partial charge in [-0.3, -0.25) is 9.59 Å². The van der Waals surface area contributed by atoms with Crippen LogP contribution in [0, 0.1) is 0 Å². The van der Waals surface area contributed by atoms with Gasteiger partial charge in [-0.15, -0.1) is 0 Å². The normalized spacial score (nSPS) is 10.8. The standard InChI is InChI=1S/C21H20ClNO5/c1-26-12-4-11-23-18(24)13-27-21-19(25)16-5-2-3-6-17(16)28-20(21)14-7-9-15(22)10-8-14/h2-3,5-10H,4,11-13H2,1H3,(H,23,24). The molecule has 0 saturated carbocycles. The van der Waals surface area contributed by atoms with Gasteiger partial charge in [0.05, 0.1) is 5.39 Å². The van der Waals surface area contributed by atoms with Crippen LogP contribution in [0.1, 0.15) is 6.42 Å². The number of benzene rings is 2. The monoisotopic (exact) mass is 401 g/mol. The summed E-state index contributed by atoms with van der Waals surface area (Å²) in [5.74, 6) is -0.0775. The van der Waals surface area contributed by atoms with E-state index in [2.05, 4.69) is 5.32 Å². The Hall–Kier alpha value is -2.83. The van der Waals surface area contributed by atoms with E-state index in [1.165, 1.54) is 0 Å². The van der Waals surface area contributed by atoms with Crippen LogP contribution in [0.2, 0.25) is 5.02 Å². The van der Waals surface area contributed by atoms with Crippen molar-refractivity contribution in [3.05, 3.63) is 63.8 Å². The highest BCUT2D eigenvalue weighted by Crippen LogP contribution is 2.31. The van der Waals surface area contributed by atoms with Crippen molar-refractivity contribution in [2.24, 2.45) is 0 Å². The van der Waals surface area contributed by atoms with Gasteiger partial charge < -0.3 is 19.2 Å².